The van der Waals surface area contributed by atoms with Gasteiger partial charge in [0.2, 0.25) is 0 Å². The molecule has 0 spiro atoms. The maximum atomic E-state index is 5.99. The van der Waals surface area contributed by atoms with Gasteiger partial charge in [-0.15, -0.1) is 11.3 Å². The van der Waals surface area contributed by atoms with Gasteiger partial charge in [0.1, 0.15) is 0 Å². The van der Waals surface area contributed by atoms with Crippen molar-refractivity contribution < 1.29 is 0 Å². The Morgan fingerprint density at radius 1 is 1.30 bits per heavy atom. The van der Waals surface area contributed by atoms with Gasteiger partial charge in [-0.05, 0) is 24.9 Å². The summed E-state index contributed by atoms with van der Waals surface area (Å²) in [6.45, 7) is 6.06. The van der Waals surface area contributed by atoms with Crippen LogP contribution in [0.1, 0.15) is 22.1 Å². The molecule has 2 aromatic rings. The van der Waals surface area contributed by atoms with Crippen molar-refractivity contribution in [2.45, 2.75) is 19.4 Å². The Kier molecular flexibility index (Phi) is 4.15. The van der Waals surface area contributed by atoms with Gasteiger partial charge in [-0.1, -0.05) is 30.3 Å². The molecule has 106 valence electrons. The molecule has 1 aromatic heterocycles. The number of nitrogens with two attached hydrogens (primary N) is 1. The molecular weight excluding hydrogens is 266 g/mol. The van der Waals surface area contributed by atoms with E-state index >= 15 is 0 Å². The maximum absolute atomic E-state index is 5.99. The number of benzene rings is 1. The smallest absolute Gasteiger partial charge is 0.0798 e. The normalized spacial score (nSPS) is 23.3. The Balaban J connectivity index is 1.73. The van der Waals surface area contributed by atoms with Crippen molar-refractivity contribution in [1.82, 2.24) is 9.88 Å². The van der Waals surface area contributed by atoms with Gasteiger partial charge in [0.15, 0.2) is 0 Å². The van der Waals surface area contributed by atoms with Crippen LogP contribution in [0.3, 0.4) is 0 Å². The van der Waals surface area contributed by atoms with Crippen LogP contribution in [0.15, 0.2) is 35.8 Å². The van der Waals surface area contributed by atoms with E-state index in [9.17, 15) is 0 Å². The van der Waals surface area contributed by atoms with E-state index in [1.54, 1.807) is 11.3 Å². The van der Waals surface area contributed by atoms with Crippen molar-refractivity contribution >= 4 is 11.3 Å². The van der Waals surface area contributed by atoms with E-state index in [2.05, 4.69) is 47.1 Å². The van der Waals surface area contributed by atoms with Gasteiger partial charge >= 0.3 is 0 Å². The van der Waals surface area contributed by atoms with E-state index in [0.717, 1.165) is 26.2 Å². The van der Waals surface area contributed by atoms with Crippen molar-refractivity contribution in [3.05, 3.63) is 52.0 Å². The van der Waals surface area contributed by atoms with Gasteiger partial charge in [0, 0.05) is 30.4 Å². The summed E-state index contributed by atoms with van der Waals surface area (Å²) >= 11 is 1.76. The summed E-state index contributed by atoms with van der Waals surface area (Å²) in [6.07, 6.45) is 0. The lowest BCUT2D eigenvalue weighted by molar-refractivity contribution is 0.319. The molecule has 1 aliphatic rings. The number of aromatic nitrogens is 1. The standard InChI is InChI=1S/C16H21N3S/c1-12-16(20-11-18-12)10-19-8-14(7-17)15(9-19)13-5-3-2-4-6-13/h2-6,11,14-15H,7-10,17H2,1H3/t14-,15+/m1/s1. The molecule has 1 fully saturated rings. The summed E-state index contributed by atoms with van der Waals surface area (Å²) in [5.41, 5.74) is 10.5. The molecule has 4 heteroatoms. The number of aryl methyl sites for hydroxylation is 1. The molecule has 0 radical (unpaired) electrons. The molecule has 0 saturated carbocycles. The monoisotopic (exact) mass is 287 g/mol. The van der Waals surface area contributed by atoms with Gasteiger partial charge in [-0.25, -0.2) is 4.98 Å². The van der Waals surface area contributed by atoms with Crippen LogP contribution in [0, 0.1) is 12.8 Å². The minimum absolute atomic E-state index is 0.561. The highest BCUT2D eigenvalue weighted by atomic mass is 32.1. The van der Waals surface area contributed by atoms with Crippen LogP contribution in [-0.4, -0.2) is 29.5 Å². The lowest BCUT2D eigenvalue weighted by Crippen LogP contribution is -2.23. The van der Waals surface area contributed by atoms with Gasteiger partial charge in [-0.2, -0.15) is 0 Å². The third-order valence-corrected chi connectivity index (χ3v) is 5.18. The maximum Gasteiger partial charge on any atom is 0.0798 e. The van der Waals surface area contributed by atoms with Crippen molar-refractivity contribution in [3.63, 3.8) is 0 Å². The lowest BCUT2D eigenvalue weighted by Gasteiger charge is -2.16. The quantitative estimate of drug-likeness (QED) is 0.940. The first kappa shape index (κ1) is 13.7. The SMILES string of the molecule is Cc1ncsc1CN1C[C@@H](CN)[C@H](c2ccccc2)C1. The number of hydrogen-bond acceptors (Lipinski definition) is 4. The summed E-state index contributed by atoms with van der Waals surface area (Å²) < 4.78 is 0. The highest BCUT2D eigenvalue weighted by molar-refractivity contribution is 7.09. The first-order chi connectivity index (χ1) is 9.78. The molecule has 0 unspecified atom stereocenters. The minimum Gasteiger partial charge on any atom is -0.330 e. The predicted octanol–water partition coefficient (Wildman–Crippen LogP) is 2.63. The largest absolute Gasteiger partial charge is 0.330 e. The number of nitrogens with zero attached hydrogens (tertiary/aromatic N) is 2. The molecule has 1 aliphatic heterocycles. The molecule has 3 rings (SSSR count). The van der Waals surface area contributed by atoms with E-state index < -0.39 is 0 Å². The summed E-state index contributed by atoms with van der Waals surface area (Å²) in [4.78, 5) is 8.25. The molecule has 1 aromatic carbocycles. The van der Waals surface area contributed by atoms with Crippen LogP contribution < -0.4 is 5.73 Å². The zero-order chi connectivity index (χ0) is 13.9. The lowest BCUT2D eigenvalue weighted by atomic mass is 9.89. The Hall–Kier alpha value is -1.23. The Morgan fingerprint density at radius 2 is 2.10 bits per heavy atom. The molecular formula is C16H21N3S. The van der Waals surface area contributed by atoms with Crippen molar-refractivity contribution in [2.75, 3.05) is 19.6 Å². The number of hydrogen-bond donors (Lipinski definition) is 1. The Bertz CT molecular complexity index is 552. The second-order valence-corrected chi connectivity index (χ2v) is 6.51. The van der Waals surface area contributed by atoms with Gasteiger partial charge in [0.25, 0.3) is 0 Å². The molecule has 20 heavy (non-hydrogen) atoms. The average Bonchev–Trinajstić information content (AvgIpc) is 3.07. The van der Waals surface area contributed by atoms with Crippen LogP contribution in [-0.2, 0) is 6.54 Å². The summed E-state index contributed by atoms with van der Waals surface area (Å²) in [7, 11) is 0. The number of likely N-dealkylation sites (tertiary alicyclic amines) is 1. The number of rotatable bonds is 4. The summed E-state index contributed by atoms with van der Waals surface area (Å²) in [5.74, 6) is 1.13. The second kappa shape index (κ2) is 6.04. The zero-order valence-corrected chi connectivity index (χ0v) is 12.6. The van der Waals surface area contributed by atoms with Gasteiger partial charge in [-0.3, -0.25) is 4.90 Å². The molecule has 0 aliphatic carbocycles. The first-order valence-corrected chi connectivity index (χ1v) is 8.02. The van der Waals surface area contributed by atoms with Crippen molar-refractivity contribution in [3.8, 4) is 0 Å². The highest BCUT2D eigenvalue weighted by Gasteiger charge is 2.32. The fourth-order valence-electron chi connectivity index (χ4n) is 3.09. The van der Waals surface area contributed by atoms with Crippen molar-refractivity contribution in [1.29, 1.82) is 0 Å². The van der Waals surface area contributed by atoms with Gasteiger partial charge < -0.3 is 5.73 Å². The minimum atomic E-state index is 0.561. The molecule has 2 atom stereocenters. The van der Waals surface area contributed by atoms with E-state index in [-0.39, 0.29) is 0 Å². The van der Waals surface area contributed by atoms with Crippen LogP contribution in [0.4, 0.5) is 0 Å². The van der Waals surface area contributed by atoms with E-state index in [4.69, 9.17) is 5.73 Å². The Morgan fingerprint density at radius 3 is 2.75 bits per heavy atom. The summed E-state index contributed by atoms with van der Waals surface area (Å²) in [6, 6.07) is 10.8. The fraction of sp³-hybridized carbons (Fsp3) is 0.438. The highest BCUT2D eigenvalue weighted by Crippen LogP contribution is 2.33. The summed E-state index contributed by atoms with van der Waals surface area (Å²) in [5, 5.41) is 0. The average molecular weight is 287 g/mol. The second-order valence-electron chi connectivity index (χ2n) is 5.57. The van der Waals surface area contributed by atoms with Crippen LogP contribution in [0.5, 0.6) is 0 Å². The van der Waals surface area contributed by atoms with E-state index in [0.29, 0.717) is 11.8 Å². The molecule has 0 amide bonds. The van der Waals surface area contributed by atoms with Crippen LogP contribution in [0.25, 0.3) is 0 Å². The molecule has 2 N–H and O–H groups in total. The molecule has 0 bridgehead atoms. The van der Waals surface area contributed by atoms with Crippen LogP contribution in [0.2, 0.25) is 0 Å². The molecule has 1 saturated heterocycles. The topological polar surface area (TPSA) is 42.2 Å². The molecule has 2 heterocycles. The molecule has 3 nitrogen and oxygen atoms in total. The van der Waals surface area contributed by atoms with Gasteiger partial charge in [0.05, 0.1) is 11.2 Å². The van der Waals surface area contributed by atoms with E-state index in [1.165, 1.54) is 16.1 Å². The van der Waals surface area contributed by atoms with Crippen LogP contribution >= 0.6 is 11.3 Å². The fourth-order valence-corrected chi connectivity index (χ4v) is 3.91. The zero-order valence-electron chi connectivity index (χ0n) is 11.8. The first-order valence-electron chi connectivity index (χ1n) is 7.14. The Labute approximate surface area is 124 Å². The number of thiazole rings is 1. The predicted molar refractivity (Wildman–Crippen MR) is 83.9 cm³/mol. The third kappa shape index (κ3) is 2.77. The third-order valence-electron chi connectivity index (χ3n) is 4.26. The van der Waals surface area contributed by atoms with E-state index in [1.807, 2.05) is 5.51 Å². The van der Waals surface area contributed by atoms with Crippen molar-refractivity contribution in [2.24, 2.45) is 11.7 Å².